The van der Waals surface area contributed by atoms with Crippen LogP contribution in [0.25, 0.3) is 0 Å². The van der Waals surface area contributed by atoms with E-state index < -0.39 is 6.04 Å². The van der Waals surface area contributed by atoms with Crippen molar-refractivity contribution in [2.45, 2.75) is 6.04 Å². The number of nitrogens with two attached hydrogens (primary N) is 1. The van der Waals surface area contributed by atoms with Crippen LogP contribution in [-0.2, 0) is 0 Å². The second kappa shape index (κ2) is 5.47. The monoisotopic (exact) mass is 253 g/mol. The molecule has 0 aliphatic heterocycles. The number of hydrogen-bond donors (Lipinski definition) is 2. The third-order valence-corrected chi connectivity index (χ3v) is 2.51. The van der Waals surface area contributed by atoms with E-state index in [1.54, 1.807) is 12.1 Å². The highest BCUT2D eigenvalue weighted by molar-refractivity contribution is 6.43. The van der Waals surface area contributed by atoms with Crippen molar-refractivity contribution in [2.24, 2.45) is 5.73 Å². The molecule has 0 aliphatic rings. The number of benzene rings is 1. The van der Waals surface area contributed by atoms with Crippen LogP contribution in [0.5, 0.6) is 5.75 Å². The Hall–Kier alpha value is -0.410. The molecule has 1 rings (SSSR count). The molecule has 78 valence electrons. The van der Waals surface area contributed by atoms with E-state index in [0.29, 0.717) is 10.6 Å². The number of aromatic hydroxyl groups is 1. The van der Waals surface area contributed by atoms with E-state index >= 15 is 0 Å². The molecule has 0 aliphatic carbocycles. The van der Waals surface area contributed by atoms with Gasteiger partial charge >= 0.3 is 0 Å². The minimum atomic E-state index is -0.435. The molecular weight excluding hydrogens is 244 g/mol. The molecule has 2 nitrogen and oxygen atoms in total. The summed E-state index contributed by atoms with van der Waals surface area (Å²) in [6.07, 6.45) is 1.51. The SMILES string of the molecule is C=C[C@H](N)c1ccc(Cl)c(Cl)c1O.Cl. The van der Waals surface area contributed by atoms with Crippen LogP contribution in [0.1, 0.15) is 11.6 Å². The largest absolute Gasteiger partial charge is 0.506 e. The van der Waals surface area contributed by atoms with Crippen molar-refractivity contribution >= 4 is 35.6 Å². The first-order valence-electron chi connectivity index (χ1n) is 3.63. The maximum Gasteiger partial charge on any atom is 0.140 e. The first kappa shape index (κ1) is 13.6. The maximum atomic E-state index is 9.54. The number of phenols is 1. The Morgan fingerprint density at radius 2 is 2.00 bits per heavy atom. The zero-order chi connectivity index (χ0) is 10.0. The number of halogens is 3. The minimum absolute atomic E-state index is 0. The molecule has 5 heteroatoms. The second-order valence-corrected chi connectivity index (χ2v) is 3.35. The maximum absolute atomic E-state index is 9.54. The standard InChI is InChI=1S/C9H9Cl2NO.ClH/c1-2-7(12)5-3-4-6(10)8(11)9(5)13;/h2-4,7,13H,1,12H2;1H/t7-;/m0./s1. The molecule has 0 amide bonds. The van der Waals surface area contributed by atoms with Gasteiger partial charge in [0.05, 0.1) is 11.1 Å². The molecule has 0 fully saturated rings. The summed E-state index contributed by atoms with van der Waals surface area (Å²) in [5.41, 5.74) is 6.15. The van der Waals surface area contributed by atoms with E-state index in [9.17, 15) is 5.11 Å². The van der Waals surface area contributed by atoms with Crippen LogP contribution in [0.2, 0.25) is 10.0 Å². The van der Waals surface area contributed by atoms with Crippen molar-refractivity contribution in [2.75, 3.05) is 0 Å². The summed E-state index contributed by atoms with van der Waals surface area (Å²) in [7, 11) is 0. The van der Waals surface area contributed by atoms with Gasteiger partial charge in [-0.05, 0) is 6.07 Å². The van der Waals surface area contributed by atoms with Crippen LogP contribution in [0.15, 0.2) is 24.8 Å². The van der Waals surface area contributed by atoms with Crippen LogP contribution in [0.4, 0.5) is 0 Å². The highest BCUT2D eigenvalue weighted by Gasteiger charge is 2.12. The molecule has 0 aromatic heterocycles. The molecule has 3 N–H and O–H groups in total. The zero-order valence-corrected chi connectivity index (χ0v) is 9.53. The van der Waals surface area contributed by atoms with Crippen LogP contribution in [0.3, 0.4) is 0 Å². The van der Waals surface area contributed by atoms with E-state index in [4.69, 9.17) is 28.9 Å². The van der Waals surface area contributed by atoms with Crippen molar-refractivity contribution in [3.63, 3.8) is 0 Å². The van der Waals surface area contributed by atoms with E-state index in [1.165, 1.54) is 6.08 Å². The van der Waals surface area contributed by atoms with Crippen LogP contribution in [0, 0.1) is 0 Å². The topological polar surface area (TPSA) is 46.2 Å². The summed E-state index contributed by atoms with van der Waals surface area (Å²) in [5.74, 6) is -0.0819. The lowest BCUT2D eigenvalue weighted by Gasteiger charge is -2.10. The van der Waals surface area contributed by atoms with Gasteiger partial charge < -0.3 is 10.8 Å². The van der Waals surface area contributed by atoms with Gasteiger partial charge in [0.1, 0.15) is 10.8 Å². The van der Waals surface area contributed by atoms with Crippen LogP contribution < -0.4 is 5.73 Å². The lowest BCUT2D eigenvalue weighted by atomic mass is 10.1. The van der Waals surface area contributed by atoms with Gasteiger partial charge in [0.2, 0.25) is 0 Å². The van der Waals surface area contributed by atoms with E-state index in [-0.39, 0.29) is 23.2 Å². The molecule has 0 bridgehead atoms. The lowest BCUT2D eigenvalue weighted by Crippen LogP contribution is -2.06. The highest BCUT2D eigenvalue weighted by atomic mass is 35.5. The Bertz CT molecular complexity index is 341. The van der Waals surface area contributed by atoms with Crippen molar-refractivity contribution in [1.82, 2.24) is 0 Å². The van der Waals surface area contributed by atoms with Gasteiger partial charge in [0, 0.05) is 5.56 Å². The molecular formula is C9H10Cl3NO. The Kier molecular flexibility index (Phi) is 5.31. The summed E-state index contributed by atoms with van der Waals surface area (Å²) in [6.45, 7) is 3.52. The molecule has 0 heterocycles. The van der Waals surface area contributed by atoms with Gasteiger partial charge in [0.15, 0.2) is 0 Å². The Morgan fingerprint density at radius 3 is 2.50 bits per heavy atom. The van der Waals surface area contributed by atoms with E-state index in [2.05, 4.69) is 6.58 Å². The molecule has 0 unspecified atom stereocenters. The van der Waals surface area contributed by atoms with E-state index in [1.807, 2.05) is 0 Å². The molecule has 1 aromatic rings. The fourth-order valence-electron chi connectivity index (χ4n) is 0.951. The predicted octanol–water partition coefficient (Wildman–Crippen LogP) is 3.31. The van der Waals surface area contributed by atoms with E-state index in [0.717, 1.165) is 0 Å². The summed E-state index contributed by atoms with van der Waals surface area (Å²) in [4.78, 5) is 0. The van der Waals surface area contributed by atoms with Crippen LogP contribution >= 0.6 is 35.6 Å². The zero-order valence-electron chi connectivity index (χ0n) is 7.21. The smallest absolute Gasteiger partial charge is 0.140 e. The fourth-order valence-corrected chi connectivity index (χ4v) is 1.28. The second-order valence-electron chi connectivity index (χ2n) is 2.56. The predicted molar refractivity (Wildman–Crippen MR) is 62.5 cm³/mol. The summed E-state index contributed by atoms with van der Waals surface area (Å²) >= 11 is 11.4. The third-order valence-electron chi connectivity index (χ3n) is 1.71. The van der Waals surface area contributed by atoms with Gasteiger partial charge in [-0.2, -0.15) is 0 Å². The molecule has 14 heavy (non-hydrogen) atoms. The molecule has 0 radical (unpaired) electrons. The van der Waals surface area contributed by atoms with Gasteiger partial charge in [0.25, 0.3) is 0 Å². The summed E-state index contributed by atoms with van der Waals surface area (Å²) < 4.78 is 0. The average molecular weight is 255 g/mol. The summed E-state index contributed by atoms with van der Waals surface area (Å²) in [5, 5.41) is 9.96. The fraction of sp³-hybridized carbons (Fsp3) is 0.111. The lowest BCUT2D eigenvalue weighted by molar-refractivity contribution is 0.466. The summed E-state index contributed by atoms with van der Waals surface area (Å²) in [6, 6.07) is 2.77. The molecule has 1 aromatic carbocycles. The van der Waals surface area contributed by atoms with Crippen molar-refractivity contribution in [3.8, 4) is 5.75 Å². The van der Waals surface area contributed by atoms with Crippen LogP contribution in [-0.4, -0.2) is 5.11 Å². The number of rotatable bonds is 2. The minimum Gasteiger partial charge on any atom is -0.506 e. The first-order valence-corrected chi connectivity index (χ1v) is 4.38. The third kappa shape index (κ3) is 2.55. The average Bonchev–Trinajstić information content (AvgIpc) is 2.13. The van der Waals surface area contributed by atoms with Crippen molar-refractivity contribution < 1.29 is 5.11 Å². The van der Waals surface area contributed by atoms with Gasteiger partial charge in [-0.1, -0.05) is 35.3 Å². The molecule has 0 saturated heterocycles. The van der Waals surface area contributed by atoms with Crippen molar-refractivity contribution in [3.05, 3.63) is 40.4 Å². The molecule has 1 atom stereocenters. The Labute approximate surface area is 98.7 Å². The Morgan fingerprint density at radius 1 is 1.43 bits per heavy atom. The van der Waals surface area contributed by atoms with Crippen molar-refractivity contribution in [1.29, 1.82) is 0 Å². The molecule has 0 spiro atoms. The quantitative estimate of drug-likeness (QED) is 0.796. The van der Waals surface area contributed by atoms with Gasteiger partial charge in [-0.25, -0.2) is 0 Å². The van der Waals surface area contributed by atoms with Gasteiger partial charge in [-0.3, -0.25) is 0 Å². The number of phenolic OH excluding ortho intramolecular Hbond substituents is 1. The van der Waals surface area contributed by atoms with Gasteiger partial charge in [-0.15, -0.1) is 19.0 Å². The number of hydrogen-bond acceptors (Lipinski definition) is 2. The molecule has 0 saturated carbocycles. The highest BCUT2D eigenvalue weighted by Crippen LogP contribution is 2.36. The Balaban J connectivity index is 0.00000169. The normalized spacial score (nSPS) is 11.6. The first-order chi connectivity index (χ1) is 6.07.